The van der Waals surface area contributed by atoms with Crippen molar-refractivity contribution in [2.24, 2.45) is 5.92 Å². The Morgan fingerprint density at radius 1 is 0.852 bits per heavy atom. The Balaban J connectivity index is 1.66. The lowest BCUT2D eigenvalue weighted by molar-refractivity contribution is 0.426. The van der Waals surface area contributed by atoms with Crippen molar-refractivity contribution in [2.45, 2.75) is 18.4 Å². The zero-order valence-corrected chi connectivity index (χ0v) is 16.2. The second-order valence-corrected chi connectivity index (χ2v) is 8.12. The minimum atomic E-state index is 0.159. The molecule has 0 saturated heterocycles. The van der Waals surface area contributed by atoms with Gasteiger partial charge in [-0.25, -0.2) is 0 Å². The molecule has 0 fully saturated rings. The van der Waals surface area contributed by atoms with Crippen LogP contribution in [0.5, 0.6) is 0 Å². The summed E-state index contributed by atoms with van der Waals surface area (Å²) in [4.78, 5) is 0. The van der Waals surface area contributed by atoms with Gasteiger partial charge in [-0.2, -0.15) is 0 Å². The molecule has 0 radical (unpaired) electrons. The van der Waals surface area contributed by atoms with Gasteiger partial charge in [0.1, 0.15) is 0 Å². The highest BCUT2D eigenvalue weighted by Gasteiger charge is 2.39. The number of allylic oxidation sites excluding steroid dienone is 2. The van der Waals surface area contributed by atoms with Crippen LogP contribution >= 0.6 is 23.2 Å². The average molecular weight is 392 g/mol. The van der Waals surface area contributed by atoms with Gasteiger partial charge in [0.2, 0.25) is 0 Å². The maximum atomic E-state index is 6.59. The molecule has 5 rings (SSSR count). The van der Waals surface area contributed by atoms with Crippen LogP contribution in [-0.2, 0) is 0 Å². The van der Waals surface area contributed by atoms with E-state index in [0.29, 0.717) is 16.9 Å². The number of rotatable bonds is 2. The lowest BCUT2D eigenvalue weighted by Gasteiger charge is -2.39. The molecule has 1 N–H and O–H groups in total. The Morgan fingerprint density at radius 2 is 1.70 bits per heavy atom. The number of hydrogen-bond donors (Lipinski definition) is 1. The van der Waals surface area contributed by atoms with Crippen LogP contribution in [0.2, 0.25) is 10.0 Å². The number of halogens is 2. The van der Waals surface area contributed by atoms with E-state index < -0.39 is 0 Å². The van der Waals surface area contributed by atoms with E-state index >= 15 is 0 Å². The first kappa shape index (κ1) is 16.9. The van der Waals surface area contributed by atoms with Crippen LogP contribution in [0.25, 0.3) is 11.1 Å². The summed E-state index contributed by atoms with van der Waals surface area (Å²) in [6.45, 7) is 0. The molecule has 134 valence electrons. The van der Waals surface area contributed by atoms with Gasteiger partial charge < -0.3 is 5.32 Å². The summed E-state index contributed by atoms with van der Waals surface area (Å²) in [5.41, 5.74) is 6.17. The summed E-state index contributed by atoms with van der Waals surface area (Å²) < 4.78 is 0. The predicted octanol–water partition coefficient (Wildman–Crippen LogP) is 7.49. The molecular weight excluding hydrogens is 373 g/mol. The van der Waals surface area contributed by atoms with Gasteiger partial charge in [-0.15, -0.1) is 0 Å². The van der Waals surface area contributed by atoms with Crippen LogP contribution in [0.3, 0.4) is 0 Å². The quantitative estimate of drug-likeness (QED) is 0.446. The Bertz CT molecular complexity index is 1030. The van der Waals surface area contributed by atoms with E-state index in [0.717, 1.165) is 17.0 Å². The van der Waals surface area contributed by atoms with Crippen molar-refractivity contribution >= 4 is 28.9 Å². The minimum Gasteiger partial charge on any atom is -0.377 e. The molecular formula is C24H19Cl2N. The number of para-hydroxylation sites is 1. The molecule has 3 heteroatoms. The molecule has 0 saturated carbocycles. The highest BCUT2D eigenvalue weighted by Crippen LogP contribution is 2.53. The number of nitrogens with one attached hydrogen (secondary N) is 1. The molecule has 1 aliphatic heterocycles. The van der Waals surface area contributed by atoms with Crippen LogP contribution < -0.4 is 5.32 Å². The van der Waals surface area contributed by atoms with Gasteiger partial charge in [-0.05, 0) is 41.2 Å². The molecule has 27 heavy (non-hydrogen) atoms. The van der Waals surface area contributed by atoms with Gasteiger partial charge in [-0.3, -0.25) is 0 Å². The summed E-state index contributed by atoms with van der Waals surface area (Å²) >= 11 is 12.7. The first-order valence-electron chi connectivity index (χ1n) is 9.29. The van der Waals surface area contributed by atoms with Gasteiger partial charge in [0, 0.05) is 27.2 Å². The number of hydrogen-bond acceptors (Lipinski definition) is 1. The molecule has 3 aromatic rings. The van der Waals surface area contributed by atoms with E-state index in [2.05, 4.69) is 72.1 Å². The van der Waals surface area contributed by atoms with E-state index in [1.54, 1.807) is 0 Å². The fourth-order valence-electron chi connectivity index (χ4n) is 4.54. The van der Waals surface area contributed by atoms with E-state index in [1.165, 1.54) is 22.4 Å². The van der Waals surface area contributed by atoms with Gasteiger partial charge in [0.25, 0.3) is 0 Å². The van der Waals surface area contributed by atoms with Crippen molar-refractivity contribution in [3.8, 4) is 11.1 Å². The fourth-order valence-corrected chi connectivity index (χ4v) is 5.07. The minimum absolute atomic E-state index is 0.159. The summed E-state index contributed by atoms with van der Waals surface area (Å²) in [7, 11) is 0. The first-order valence-corrected chi connectivity index (χ1v) is 10.0. The smallest absolute Gasteiger partial charge is 0.0568 e. The van der Waals surface area contributed by atoms with Gasteiger partial charge in [-0.1, -0.05) is 90.0 Å². The van der Waals surface area contributed by atoms with Crippen molar-refractivity contribution in [3.63, 3.8) is 0 Å². The van der Waals surface area contributed by atoms with Crippen LogP contribution in [0.4, 0.5) is 5.69 Å². The SMILES string of the molecule is Clc1ccc([C@@H]2Nc3c(-c4ccccc4)cccc3[C@H]3C=CC[C@H]32)c(Cl)c1. The third-order valence-corrected chi connectivity index (χ3v) is 6.34. The van der Waals surface area contributed by atoms with E-state index in [9.17, 15) is 0 Å². The van der Waals surface area contributed by atoms with E-state index in [-0.39, 0.29) is 6.04 Å². The summed E-state index contributed by atoms with van der Waals surface area (Å²) in [5.74, 6) is 0.865. The Hall–Kier alpha value is -2.22. The monoisotopic (exact) mass is 391 g/mol. The molecule has 1 nitrogen and oxygen atoms in total. The number of fused-ring (bicyclic) bond motifs is 3. The molecule has 0 unspecified atom stereocenters. The van der Waals surface area contributed by atoms with Crippen molar-refractivity contribution in [1.29, 1.82) is 0 Å². The van der Waals surface area contributed by atoms with Gasteiger partial charge in [0.05, 0.1) is 6.04 Å². The van der Waals surface area contributed by atoms with Crippen LogP contribution in [0.15, 0.2) is 78.9 Å². The van der Waals surface area contributed by atoms with Crippen molar-refractivity contribution in [3.05, 3.63) is 100 Å². The van der Waals surface area contributed by atoms with E-state index in [1.807, 2.05) is 12.1 Å². The third kappa shape index (κ3) is 2.86. The first-order chi connectivity index (χ1) is 13.2. The van der Waals surface area contributed by atoms with Gasteiger partial charge in [0.15, 0.2) is 0 Å². The van der Waals surface area contributed by atoms with Crippen molar-refractivity contribution in [2.75, 3.05) is 5.32 Å². The van der Waals surface area contributed by atoms with Crippen molar-refractivity contribution in [1.82, 2.24) is 0 Å². The lowest BCUT2D eigenvalue weighted by atomic mass is 9.76. The molecule has 3 atom stereocenters. The highest BCUT2D eigenvalue weighted by molar-refractivity contribution is 6.35. The Labute approximate surface area is 169 Å². The molecule has 3 aromatic carbocycles. The summed E-state index contributed by atoms with van der Waals surface area (Å²) in [5, 5.41) is 5.24. The maximum absolute atomic E-state index is 6.59. The standard InChI is InChI=1S/C24H19Cl2N/c25-16-12-13-21(22(26)14-16)24-20-11-5-9-18(20)19-10-4-8-17(23(19)27-24)15-6-2-1-3-7-15/h1-10,12-14,18,20,24,27H,11H2/t18-,20-,24-/m1/s1. The normalized spacial score (nSPS) is 22.8. The molecule has 1 heterocycles. The zero-order valence-electron chi connectivity index (χ0n) is 14.7. The average Bonchev–Trinajstić information content (AvgIpc) is 3.18. The molecule has 2 aliphatic rings. The van der Waals surface area contributed by atoms with Crippen LogP contribution in [0.1, 0.15) is 29.5 Å². The second-order valence-electron chi connectivity index (χ2n) is 7.28. The zero-order chi connectivity index (χ0) is 18.4. The largest absolute Gasteiger partial charge is 0.377 e. The third-order valence-electron chi connectivity index (χ3n) is 5.78. The number of anilines is 1. The second kappa shape index (κ2) is 6.74. The predicted molar refractivity (Wildman–Crippen MR) is 115 cm³/mol. The molecule has 0 aromatic heterocycles. The van der Waals surface area contributed by atoms with E-state index in [4.69, 9.17) is 23.2 Å². The fraction of sp³-hybridized carbons (Fsp3) is 0.167. The van der Waals surface area contributed by atoms with Crippen LogP contribution in [0, 0.1) is 5.92 Å². The Kier molecular flexibility index (Phi) is 4.22. The summed E-state index contributed by atoms with van der Waals surface area (Å²) in [6.07, 6.45) is 5.71. The molecule has 0 spiro atoms. The summed E-state index contributed by atoms with van der Waals surface area (Å²) in [6, 6.07) is 23.2. The number of benzene rings is 3. The molecule has 0 bridgehead atoms. The topological polar surface area (TPSA) is 12.0 Å². The highest BCUT2D eigenvalue weighted by atomic mass is 35.5. The van der Waals surface area contributed by atoms with Crippen molar-refractivity contribution < 1.29 is 0 Å². The van der Waals surface area contributed by atoms with Crippen LogP contribution in [-0.4, -0.2) is 0 Å². The Morgan fingerprint density at radius 3 is 2.52 bits per heavy atom. The maximum Gasteiger partial charge on any atom is 0.0568 e. The lowest BCUT2D eigenvalue weighted by Crippen LogP contribution is -2.29. The van der Waals surface area contributed by atoms with Gasteiger partial charge >= 0.3 is 0 Å². The molecule has 0 amide bonds. The molecule has 1 aliphatic carbocycles.